The van der Waals surface area contributed by atoms with Crippen LogP contribution in [0.15, 0.2) is 30.6 Å². The molecule has 0 aliphatic rings. The standard InChI is InChI=1S/C16H20IN3O/c1-3-7-12-15(18-10-4-2)19-11-20-16(12)21-14-9-6-5-8-13(14)17/h5-6,8-9,11H,3-4,7,10H2,1-2H3,(H,18,19,20). The SMILES string of the molecule is CCCNc1ncnc(Oc2ccccc2I)c1CCC. The molecule has 5 heteroatoms. The Labute approximate surface area is 139 Å². The second kappa shape index (κ2) is 8.17. The van der Waals surface area contributed by atoms with Gasteiger partial charge in [0.15, 0.2) is 0 Å². The van der Waals surface area contributed by atoms with E-state index in [4.69, 9.17) is 4.74 Å². The fraction of sp³-hybridized carbons (Fsp3) is 0.375. The van der Waals surface area contributed by atoms with Crippen molar-refractivity contribution in [1.82, 2.24) is 9.97 Å². The van der Waals surface area contributed by atoms with Gasteiger partial charge in [0.2, 0.25) is 5.88 Å². The Balaban J connectivity index is 2.31. The first-order valence-corrected chi connectivity index (χ1v) is 8.34. The number of aromatic nitrogens is 2. The lowest BCUT2D eigenvalue weighted by Crippen LogP contribution is -2.08. The molecule has 1 N–H and O–H groups in total. The van der Waals surface area contributed by atoms with Crippen LogP contribution in [0.2, 0.25) is 0 Å². The number of rotatable bonds is 7. The van der Waals surface area contributed by atoms with Crippen LogP contribution in [0.25, 0.3) is 0 Å². The molecule has 1 aromatic heterocycles. The molecule has 112 valence electrons. The Hall–Kier alpha value is -1.37. The molecule has 2 aromatic rings. The molecule has 0 saturated heterocycles. The maximum absolute atomic E-state index is 6.01. The molecule has 0 unspecified atom stereocenters. The van der Waals surface area contributed by atoms with Gasteiger partial charge in [-0.3, -0.25) is 0 Å². The summed E-state index contributed by atoms with van der Waals surface area (Å²) in [6, 6.07) is 7.94. The van der Waals surface area contributed by atoms with Crippen molar-refractivity contribution in [2.45, 2.75) is 33.1 Å². The first-order valence-electron chi connectivity index (χ1n) is 7.26. The van der Waals surface area contributed by atoms with Gasteiger partial charge in [0.05, 0.1) is 9.13 Å². The average molecular weight is 397 g/mol. The molecule has 1 aromatic carbocycles. The molecule has 0 amide bonds. The molecule has 0 atom stereocenters. The molecule has 0 aliphatic heterocycles. The lowest BCUT2D eigenvalue weighted by Gasteiger charge is -2.14. The van der Waals surface area contributed by atoms with E-state index in [-0.39, 0.29) is 0 Å². The molecule has 0 saturated carbocycles. The number of nitrogens with zero attached hydrogens (tertiary/aromatic N) is 2. The van der Waals surface area contributed by atoms with Crippen molar-refractivity contribution in [3.8, 4) is 11.6 Å². The van der Waals surface area contributed by atoms with Crippen molar-refractivity contribution in [2.75, 3.05) is 11.9 Å². The summed E-state index contributed by atoms with van der Waals surface area (Å²) >= 11 is 2.27. The van der Waals surface area contributed by atoms with E-state index in [2.05, 4.69) is 51.7 Å². The van der Waals surface area contributed by atoms with Crippen molar-refractivity contribution >= 4 is 28.4 Å². The smallest absolute Gasteiger partial charge is 0.227 e. The van der Waals surface area contributed by atoms with E-state index in [0.717, 1.165) is 46.5 Å². The molecule has 2 rings (SSSR count). The largest absolute Gasteiger partial charge is 0.437 e. The Kier molecular flexibility index (Phi) is 6.22. The maximum Gasteiger partial charge on any atom is 0.227 e. The van der Waals surface area contributed by atoms with Crippen LogP contribution < -0.4 is 10.1 Å². The lowest BCUT2D eigenvalue weighted by molar-refractivity contribution is 0.451. The van der Waals surface area contributed by atoms with Gasteiger partial charge in [-0.15, -0.1) is 0 Å². The van der Waals surface area contributed by atoms with Gasteiger partial charge in [0, 0.05) is 6.54 Å². The molecular formula is C16H20IN3O. The van der Waals surface area contributed by atoms with Gasteiger partial charge < -0.3 is 10.1 Å². The summed E-state index contributed by atoms with van der Waals surface area (Å²) in [6.45, 7) is 5.18. The molecular weight excluding hydrogens is 377 g/mol. The van der Waals surface area contributed by atoms with Crippen LogP contribution in [0.1, 0.15) is 32.3 Å². The molecule has 0 spiro atoms. The highest BCUT2D eigenvalue weighted by Gasteiger charge is 2.13. The molecule has 1 heterocycles. The minimum atomic E-state index is 0.648. The second-order valence-corrected chi connectivity index (χ2v) is 5.88. The van der Waals surface area contributed by atoms with Gasteiger partial charge in [-0.05, 0) is 47.6 Å². The van der Waals surface area contributed by atoms with E-state index in [1.807, 2.05) is 24.3 Å². The number of ether oxygens (including phenoxy) is 1. The highest BCUT2D eigenvalue weighted by atomic mass is 127. The van der Waals surface area contributed by atoms with Crippen molar-refractivity contribution in [2.24, 2.45) is 0 Å². The van der Waals surface area contributed by atoms with Gasteiger partial charge in [-0.25, -0.2) is 9.97 Å². The number of benzene rings is 1. The van der Waals surface area contributed by atoms with Crippen LogP contribution in [0.3, 0.4) is 0 Å². The van der Waals surface area contributed by atoms with E-state index in [1.54, 1.807) is 6.33 Å². The zero-order valence-electron chi connectivity index (χ0n) is 12.4. The van der Waals surface area contributed by atoms with E-state index in [0.29, 0.717) is 5.88 Å². The van der Waals surface area contributed by atoms with E-state index >= 15 is 0 Å². The Morgan fingerprint density at radius 2 is 1.95 bits per heavy atom. The fourth-order valence-corrected chi connectivity index (χ4v) is 2.48. The minimum Gasteiger partial charge on any atom is -0.437 e. The summed E-state index contributed by atoms with van der Waals surface area (Å²) in [6.07, 6.45) is 4.53. The second-order valence-electron chi connectivity index (χ2n) is 4.72. The summed E-state index contributed by atoms with van der Waals surface area (Å²) in [5, 5.41) is 3.36. The van der Waals surface area contributed by atoms with Crippen LogP contribution in [0, 0.1) is 3.57 Å². The fourth-order valence-electron chi connectivity index (χ4n) is 1.99. The summed E-state index contributed by atoms with van der Waals surface area (Å²) in [5.41, 5.74) is 1.05. The van der Waals surface area contributed by atoms with Crippen LogP contribution in [0.4, 0.5) is 5.82 Å². The van der Waals surface area contributed by atoms with E-state index in [9.17, 15) is 0 Å². The summed E-state index contributed by atoms with van der Waals surface area (Å²) in [4.78, 5) is 8.68. The van der Waals surface area contributed by atoms with Crippen molar-refractivity contribution in [3.63, 3.8) is 0 Å². The third kappa shape index (κ3) is 4.30. The number of halogens is 1. The lowest BCUT2D eigenvalue weighted by atomic mass is 10.1. The number of anilines is 1. The quantitative estimate of drug-likeness (QED) is 0.692. The molecule has 21 heavy (non-hydrogen) atoms. The number of hydrogen-bond acceptors (Lipinski definition) is 4. The molecule has 4 nitrogen and oxygen atoms in total. The summed E-state index contributed by atoms with van der Waals surface area (Å²) < 4.78 is 7.08. The predicted octanol–water partition coefficient (Wildman–Crippen LogP) is 4.65. The Bertz CT molecular complexity index is 589. The zero-order valence-corrected chi connectivity index (χ0v) is 14.6. The molecule has 0 fully saturated rings. The zero-order chi connectivity index (χ0) is 15.1. The first kappa shape index (κ1) is 16.0. The minimum absolute atomic E-state index is 0.648. The third-order valence-corrected chi connectivity index (χ3v) is 3.88. The van der Waals surface area contributed by atoms with Crippen molar-refractivity contribution in [3.05, 3.63) is 39.7 Å². The van der Waals surface area contributed by atoms with Gasteiger partial charge in [0.25, 0.3) is 0 Å². The number of hydrogen-bond donors (Lipinski definition) is 1. The van der Waals surface area contributed by atoms with Crippen molar-refractivity contribution in [1.29, 1.82) is 0 Å². The van der Waals surface area contributed by atoms with Gasteiger partial charge in [0.1, 0.15) is 17.9 Å². The van der Waals surface area contributed by atoms with Crippen LogP contribution in [-0.4, -0.2) is 16.5 Å². The number of nitrogens with one attached hydrogen (secondary N) is 1. The van der Waals surface area contributed by atoms with E-state index < -0.39 is 0 Å². The predicted molar refractivity (Wildman–Crippen MR) is 94.0 cm³/mol. The van der Waals surface area contributed by atoms with Gasteiger partial charge >= 0.3 is 0 Å². The normalized spacial score (nSPS) is 10.4. The maximum atomic E-state index is 6.01. The molecule has 0 bridgehead atoms. The Morgan fingerprint density at radius 1 is 1.14 bits per heavy atom. The van der Waals surface area contributed by atoms with Crippen LogP contribution in [0.5, 0.6) is 11.6 Å². The average Bonchev–Trinajstić information content (AvgIpc) is 2.50. The highest BCUT2D eigenvalue weighted by molar-refractivity contribution is 14.1. The first-order chi connectivity index (χ1) is 10.3. The summed E-state index contributed by atoms with van der Waals surface area (Å²) in [5.74, 6) is 2.36. The van der Waals surface area contributed by atoms with Crippen molar-refractivity contribution < 1.29 is 4.74 Å². The molecule has 0 radical (unpaired) electrons. The third-order valence-electron chi connectivity index (χ3n) is 2.99. The van der Waals surface area contributed by atoms with Gasteiger partial charge in [-0.1, -0.05) is 32.4 Å². The van der Waals surface area contributed by atoms with Gasteiger partial charge in [-0.2, -0.15) is 0 Å². The summed E-state index contributed by atoms with van der Waals surface area (Å²) in [7, 11) is 0. The topological polar surface area (TPSA) is 47.0 Å². The van der Waals surface area contributed by atoms with E-state index in [1.165, 1.54) is 0 Å². The Morgan fingerprint density at radius 3 is 2.67 bits per heavy atom. The van der Waals surface area contributed by atoms with Crippen LogP contribution in [-0.2, 0) is 6.42 Å². The number of para-hydroxylation sites is 1. The molecule has 0 aliphatic carbocycles. The monoisotopic (exact) mass is 397 g/mol. The highest BCUT2D eigenvalue weighted by Crippen LogP contribution is 2.30. The van der Waals surface area contributed by atoms with Crippen LogP contribution >= 0.6 is 22.6 Å².